The molecule has 1 atom stereocenters. The van der Waals surface area contributed by atoms with Gasteiger partial charge in [0.15, 0.2) is 0 Å². The number of carbonyl (C=O) groups is 1. The van der Waals surface area contributed by atoms with E-state index < -0.39 is 0 Å². The molecule has 2 N–H and O–H groups in total. The number of H-pyrrole nitrogens is 1. The molecule has 0 saturated heterocycles. The van der Waals surface area contributed by atoms with Gasteiger partial charge in [0.25, 0.3) is 0 Å². The van der Waals surface area contributed by atoms with Gasteiger partial charge in [0, 0.05) is 36.0 Å². The van der Waals surface area contributed by atoms with Crippen molar-refractivity contribution < 1.29 is 9.53 Å². The van der Waals surface area contributed by atoms with Crippen LogP contribution in [0.4, 0.5) is 0 Å². The Hall–Kier alpha value is -3.53. The molecule has 4 nitrogen and oxygen atoms in total. The molecule has 4 aromatic rings. The molecule has 1 heterocycles. The lowest BCUT2D eigenvalue weighted by atomic mass is 9.87. The molecule has 1 unspecified atom stereocenters. The predicted molar refractivity (Wildman–Crippen MR) is 135 cm³/mol. The smallest absolute Gasteiger partial charge is 0.220 e. The van der Waals surface area contributed by atoms with Crippen LogP contribution in [-0.4, -0.2) is 17.4 Å². The molecule has 1 amide bonds. The number of aromatic nitrogens is 1. The van der Waals surface area contributed by atoms with E-state index in [2.05, 4.69) is 67.6 Å². The Balaban J connectivity index is 1.71. The van der Waals surface area contributed by atoms with Gasteiger partial charge in [-0.05, 0) is 53.3 Å². The number of ether oxygens (including phenoxy) is 1. The van der Waals surface area contributed by atoms with Gasteiger partial charge in [-0.3, -0.25) is 4.79 Å². The number of fused-ring (bicyclic) bond motifs is 1. The summed E-state index contributed by atoms with van der Waals surface area (Å²) in [6, 6.07) is 24.2. The van der Waals surface area contributed by atoms with E-state index in [1.54, 1.807) is 0 Å². The van der Waals surface area contributed by atoms with E-state index in [4.69, 9.17) is 4.74 Å². The fourth-order valence-corrected chi connectivity index (χ4v) is 4.22. The summed E-state index contributed by atoms with van der Waals surface area (Å²) < 4.78 is 6.09. The van der Waals surface area contributed by atoms with E-state index in [1.807, 2.05) is 42.5 Å². The van der Waals surface area contributed by atoms with Gasteiger partial charge in [0.1, 0.15) is 11.5 Å². The molecule has 0 spiro atoms. The maximum atomic E-state index is 12.9. The number of rotatable bonds is 9. The first-order valence-electron chi connectivity index (χ1n) is 11.7. The largest absolute Gasteiger partial charge is 0.457 e. The molecular weight excluding hydrogens is 408 g/mol. The summed E-state index contributed by atoms with van der Waals surface area (Å²) in [5.41, 5.74) is 4.63. The Morgan fingerprint density at radius 3 is 2.48 bits per heavy atom. The first kappa shape index (κ1) is 22.7. The molecule has 0 aliphatic heterocycles. The lowest BCUT2D eigenvalue weighted by molar-refractivity contribution is -0.121. The number of carbonyl (C=O) groups excluding carboxylic acids is 1. The van der Waals surface area contributed by atoms with E-state index >= 15 is 0 Å². The summed E-state index contributed by atoms with van der Waals surface area (Å²) >= 11 is 0. The minimum Gasteiger partial charge on any atom is -0.457 e. The second-order valence-electron chi connectivity index (χ2n) is 8.88. The van der Waals surface area contributed by atoms with Crippen LogP contribution < -0.4 is 10.1 Å². The lowest BCUT2D eigenvalue weighted by Crippen LogP contribution is -2.28. The summed E-state index contributed by atoms with van der Waals surface area (Å²) in [4.78, 5) is 16.4. The Bertz CT molecular complexity index is 1210. The molecule has 0 bridgehead atoms. The zero-order valence-electron chi connectivity index (χ0n) is 19.6. The van der Waals surface area contributed by atoms with Crippen molar-refractivity contribution in [3.05, 3.63) is 95.7 Å². The number of nitrogens with one attached hydrogen (secondary N) is 2. The maximum absolute atomic E-state index is 12.9. The van der Waals surface area contributed by atoms with Gasteiger partial charge in [-0.15, -0.1) is 0 Å². The second kappa shape index (κ2) is 10.4. The van der Waals surface area contributed by atoms with Gasteiger partial charge in [0.05, 0.1) is 0 Å². The van der Waals surface area contributed by atoms with E-state index in [1.165, 1.54) is 10.9 Å². The standard InChI is InChI=1S/C29H32N2O2/c1-4-21-10-9-15-25-27(19-31-29(21)25)26(17-28(32)30-18-20(2)3)22-11-8-14-24(16-22)33-23-12-6-5-7-13-23/h5-16,19-20,26,31H,4,17-18H2,1-3H3,(H,30,32). The van der Waals surface area contributed by atoms with Gasteiger partial charge in [-0.2, -0.15) is 0 Å². The summed E-state index contributed by atoms with van der Waals surface area (Å²) in [7, 11) is 0. The highest BCUT2D eigenvalue weighted by Crippen LogP contribution is 2.36. The number of aryl methyl sites for hydroxylation is 1. The minimum absolute atomic E-state index is 0.0593. The van der Waals surface area contributed by atoms with Gasteiger partial charge in [-0.1, -0.05) is 69.3 Å². The van der Waals surface area contributed by atoms with E-state index in [-0.39, 0.29) is 11.8 Å². The van der Waals surface area contributed by atoms with Crippen LogP contribution in [0.15, 0.2) is 79.0 Å². The number of aromatic amines is 1. The molecule has 33 heavy (non-hydrogen) atoms. The molecule has 170 valence electrons. The number of hydrogen-bond donors (Lipinski definition) is 2. The van der Waals surface area contributed by atoms with Crippen LogP contribution >= 0.6 is 0 Å². The van der Waals surface area contributed by atoms with Crippen molar-refractivity contribution >= 4 is 16.8 Å². The van der Waals surface area contributed by atoms with Crippen molar-refractivity contribution in [1.29, 1.82) is 0 Å². The van der Waals surface area contributed by atoms with Crippen LogP contribution in [0.1, 0.15) is 49.8 Å². The average Bonchev–Trinajstić information content (AvgIpc) is 3.26. The number of hydrogen-bond acceptors (Lipinski definition) is 2. The zero-order chi connectivity index (χ0) is 23.2. The molecule has 0 fully saturated rings. The molecule has 0 aliphatic carbocycles. The molecular formula is C29H32N2O2. The van der Waals surface area contributed by atoms with Crippen molar-refractivity contribution in [2.45, 2.75) is 39.5 Å². The Kier molecular flexibility index (Phi) is 7.13. The first-order valence-corrected chi connectivity index (χ1v) is 11.7. The Morgan fingerprint density at radius 2 is 1.73 bits per heavy atom. The number of amides is 1. The highest BCUT2D eigenvalue weighted by Gasteiger charge is 2.22. The van der Waals surface area contributed by atoms with Crippen molar-refractivity contribution in [1.82, 2.24) is 10.3 Å². The Labute approximate surface area is 196 Å². The van der Waals surface area contributed by atoms with Crippen LogP contribution in [0.5, 0.6) is 11.5 Å². The highest BCUT2D eigenvalue weighted by atomic mass is 16.5. The second-order valence-corrected chi connectivity index (χ2v) is 8.88. The van der Waals surface area contributed by atoms with Gasteiger partial charge < -0.3 is 15.0 Å². The quantitative estimate of drug-likeness (QED) is 0.300. The van der Waals surface area contributed by atoms with Gasteiger partial charge in [-0.25, -0.2) is 0 Å². The third-order valence-corrected chi connectivity index (χ3v) is 5.93. The summed E-state index contributed by atoms with van der Waals surface area (Å²) in [5.74, 6) is 1.94. The normalized spacial score (nSPS) is 12.1. The maximum Gasteiger partial charge on any atom is 0.220 e. The lowest BCUT2D eigenvalue weighted by Gasteiger charge is -2.19. The molecule has 4 heteroatoms. The SMILES string of the molecule is CCc1cccc2c(C(CC(=O)NCC(C)C)c3cccc(Oc4ccccc4)c3)c[nH]c12. The predicted octanol–water partition coefficient (Wildman–Crippen LogP) is 6.82. The van der Waals surface area contributed by atoms with E-state index in [0.717, 1.165) is 34.6 Å². The van der Waals surface area contributed by atoms with Crippen LogP contribution in [0.2, 0.25) is 0 Å². The van der Waals surface area contributed by atoms with Crippen LogP contribution in [-0.2, 0) is 11.2 Å². The number of para-hydroxylation sites is 2. The molecule has 4 rings (SSSR count). The van der Waals surface area contributed by atoms with Crippen molar-refractivity contribution in [3.63, 3.8) is 0 Å². The van der Waals surface area contributed by atoms with Crippen LogP contribution in [0, 0.1) is 5.92 Å². The molecule has 0 radical (unpaired) electrons. The van der Waals surface area contributed by atoms with Crippen LogP contribution in [0.3, 0.4) is 0 Å². The molecule has 1 aromatic heterocycles. The van der Waals surface area contributed by atoms with E-state index in [0.29, 0.717) is 18.9 Å². The fraction of sp³-hybridized carbons (Fsp3) is 0.276. The van der Waals surface area contributed by atoms with Crippen molar-refractivity contribution in [2.75, 3.05) is 6.54 Å². The highest BCUT2D eigenvalue weighted by molar-refractivity contribution is 5.88. The van der Waals surface area contributed by atoms with Crippen LogP contribution in [0.25, 0.3) is 10.9 Å². The average molecular weight is 441 g/mol. The zero-order valence-corrected chi connectivity index (χ0v) is 19.6. The number of benzene rings is 3. The topological polar surface area (TPSA) is 54.1 Å². The van der Waals surface area contributed by atoms with Gasteiger partial charge in [0.2, 0.25) is 5.91 Å². The summed E-state index contributed by atoms with van der Waals surface area (Å²) in [5, 5.41) is 4.26. The van der Waals surface area contributed by atoms with E-state index in [9.17, 15) is 4.79 Å². The fourth-order valence-electron chi connectivity index (χ4n) is 4.22. The first-order chi connectivity index (χ1) is 16.0. The Morgan fingerprint density at radius 1 is 0.970 bits per heavy atom. The minimum atomic E-state index is -0.0858. The summed E-state index contributed by atoms with van der Waals surface area (Å²) in [6.45, 7) is 7.05. The monoisotopic (exact) mass is 440 g/mol. The van der Waals surface area contributed by atoms with Gasteiger partial charge >= 0.3 is 0 Å². The van der Waals surface area contributed by atoms with Crippen molar-refractivity contribution in [2.24, 2.45) is 5.92 Å². The third kappa shape index (κ3) is 5.46. The van der Waals surface area contributed by atoms with Crippen molar-refractivity contribution in [3.8, 4) is 11.5 Å². The molecule has 0 saturated carbocycles. The molecule has 3 aromatic carbocycles. The third-order valence-electron chi connectivity index (χ3n) is 5.93. The molecule has 0 aliphatic rings. The summed E-state index contributed by atoms with van der Waals surface area (Å²) in [6.07, 6.45) is 3.40.